The molecule has 0 aromatic rings. The zero-order chi connectivity index (χ0) is 12.3. The van der Waals surface area contributed by atoms with Gasteiger partial charge in [0.15, 0.2) is 6.61 Å². The molecule has 1 saturated carbocycles. The lowest BCUT2D eigenvalue weighted by Crippen LogP contribution is -2.10. The highest BCUT2D eigenvalue weighted by Gasteiger charge is 2.61. The SMILES string of the molecule is C#CCOC(=O)C1C(C=C(C)C#N)C1(C)C. The molecule has 0 amide bonds. The third-order valence-electron chi connectivity index (χ3n) is 3.07. The van der Waals surface area contributed by atoms with Gasteiger partial charge in [0, 0.05) is 5.57 Å². The first kappa shape index (κ1) is 12.3. The van der Waals surface area contributed by atoms with Crippen molar-refractivity contribution in [3.63, 3.8) is 0 Å². The maximum atomic E-state index is 11.6. The van der Waals surface area contributed by atoms with Gasteiger partial charge in [0.2, 0.25) is 0 Å². The summed E-state index contributed by atoms with van der Waals surface area (Å²) in [6.07, 6.45) is 6.85. The Morgan fingerprint density at radius 3 is 2.75 bits per heavy atom. The maximum absolute atomic E-state index is 11.6. The number of ether oxygens (including phenoxy) is 1. The second kappa shape index (κ2) is 4.41. The molecule has 0 heterocycles. The monoisotopic (exact) mass is 217 g/mol. The molecule has 3 nitrogen and oxygen atoms in total. The van der Waals surface area contributed by atoms with Crippen molar-refractivity contribution in [2.24, 2.45) is 17.3 Å². The van der Waals surface area contributed by atoms with Crippen LogP contribution in [0.4, 0.5) is 0 Å². The van der Waals surface area contributed by atoms with E-state index in [-0.39, 0.29) is 29.8 Å². The van der Waals surface area contributed by atoms with Gasteiger partial charge in [-0.05, 0) is 18.3 Å². The number of allylic oxidation sites excluding steroid dienone is 2. The molecule has 0 aliphatic heterocycles. The fraction of sp³-hybridized carbons (Fsp3) is 0.538. The molecule has 1 fully saturated rings. The molecule has 0 radical (unpaired) electrons. The summed E-state index contributed by atoms with van der Waals surface area (Å²) in [5.41, 5.74) is 0.495. The quantitative estimate of drug-likeness (QED) is 0.412. The summed E-state index contributed by atoms with van der Waals surface area (Å²) in [5, 5.41) is 8.69. The molecule has 0 aromatic heterocycles. The highest BCUT2D eigenvalue weighted by atomic mass is 16.5. The Morgan fingerprint density at radius 1 is 1.62 bits per heavy atom. The maximum Gasteiger partial charge on any atom is 0.311 e. The van der Waals surface area contributed by atoms with Gasteiger partial charge in [-0.25, -0.2) is 0 Å². The van der Waals surface area contributed by atoms with Crippen molar-refractivity contribution in [1.29, 1.82) is 5.26 Å². The molecule has 0 aromatic carbocycles. The van der Waals surface area contributed by atoms with Crippen molar-refractivity contribution < 1.29 is 9.53 Å². The van der Waals surface area contributed by atoms with E-state index < -0.39 is 0 Å². The molecule has 0 bridgehead atoms. The third-order valence-corrected chi connectivity index (χ3v) is 3.07. The van der Waals surface area contributed by atoms with Crippen molar-refractivity contribution in [1.82, 2.24) is 0 Å². The average Bonchev–Trinajstić information content (AvgIpc) is 2.77. The summed E-state index contributed by atoms with van der Waals surface area (Å²) >= 11 is 0. The van der Waals surface area contributed by atoms with E-state index in [0.717, 1.165) is 0 Å². The van der Waals surface area contributed by atoms with Crippen molar-refractivity contribution in [3.05, 3.63) is 11.6 Å². The Hall–Kier alpha value is -1.74. The molecular weight excluding hydrogens is 202 g/mol. The van der Waals surface area contributed by atoms with Gasteiger partial charge in [-0.1, -0.05) is 25.8 Å². The summed E-state index contributed by atoms with van der Waals surface area (Å²) < 4.78 is 4.91. The lowest BCUT2D eigenvalue weighted by atomic mass is 10.1. The van der Waals surface area contributed by atoms with Crippen LogP contribution in [0.5, 0.6) is 0 Å². The van der Waals surface area contributed by atoms with Crippen LogP contribution in [-0.4, -0.2) is 12.6 Å². The minimum atomic E-state index is -0.269. The first-order valence-electron chi connectivity index (χ1n) is 5.13. The van der Waals surface area contributed by atoms with E-state index in [4.69, 9.17) is 16.4 Å². The zero-order valence-electron chi connectivity index (χ0n) is 9.78. The van der Waals surface area contributed by atoms with Gasteiger partial charge in [0.1, 0.15) is 0 Å². The van der Waals surface area contributed by atoms with E-state index in [2.05, 4.69) is 12.0 Å². The van der Waals surface area contributed by atoms with Crippen molar-refractivity contribution in [2.75, 3.05) is 6.61 Å². The van der Waals surface area contributed by atoms with Crippen LogP contribution in [0, 0.1) is 40.9 Å². The molecule has 16 heavy (non-hydrogen) atoms. The number of nitriles is 1. The normalized spacial score (nSPS) is 26.4. The minimum Gasteiger partial charge on any atom is -0.452 e. The molecule has 1 aliphatic rings. The Labute approximate surface area is 96.1 Å². The molecule has 0 spiro atoms. The predicted octanol–water partition coefficient (Wildman–Crippen LogP) is 1.90. The molecule has 2 atom stereocenters. The fourth-order valence-electron chi connectivity index (χ4n) is 1.95. The van der Waals surface area contributed by atoms with Gasteiger partial charge < -0.3 is 4.74 Å². The van der Waals surface area contributed by atoms with Gasteiger partial charge in [-0.15, -0.1) is 6.42 Å². The smallest absolute Gasteiger partial charge is 0.311 e. The Bertz CT molecular complexity index is 407. The summed E-state index contributed by atoms with van der Waals surface area (Å²) in [5.74, 6) is 1.90. The number of terminal acetylenes is 1. The van der Waals surface area contributed by atoms with E-state index >= 15 is 0 Å². The van der Waals surface area contributed by atoms with Crippen LogP contribution >= 0.6 is 0 Å². The number of nitrogens with zero attached hydrogens (tertiary/aromatic N) is 1. The second-order valence-electron chi connectivity index (χ2n) is 4.60. The summed E-state index contributed by atoms with van der Waals surface area (Å²) in [7, 11) is 0. The lowest BCUT2D eigenvalue weighted by molar-refractivity contribution is -0.144. The second-order valence-corrected chi connectivity index (χ2v) is 4.60. The van der Waals surface area contributed by atoms with Crippen LogP contribution < -0.4 is 0 Å². The number of hydrogen-bond donors (Lipinski definition) is 0. The summed E-state index contributed by atoms with van der Waals surface area (Å²) in [4.78, 5) is 11.6. The fourth-order valence-corrected chi connectivity index (χ4v) is 1.95. The Morgan fingerprint density at radius 2 is 2.25 bits per heavy atom. The van der Waals surface area contributed by atoms with Crippen LogP contribution in [0.25, 0.3) is 0 Å². The lowest BCUT2D eigenvalue weighted by Gasteiger charge is -2.01. The highest BCUT2D eigenvalue weighted by molar-refractivity contribution is 5.78. The van der Waals surface area contributed by atoms with E-state index in [9.17, 15) is 4.79 Å². The molecule has 1 aliphatic carbocycles. The van der Waals surface area contributed by atoms with Crippen LogP contribution in [0.2, 0.25) is 0 Å². The van der Waals surface area contributed by atoms with E-state index in [1.54, 1.807) is 6.92 Å². The highest BCUT2D eigenvalue weighted by Crippen LogP contribution is 2.59. The van der Waals surface area contributed by atoms with Gasteiger partial charge in [0.05, 0.1) is 12.0 Å². The first-order valence-corrected chi connectivity index (χ1v) is 5.13. The van der Waals surface area contributed by atoms with Crippen LogP contribution in [0.3, 0.4) is 0 Å². The van der Waals surface area contributed by atoms with Crippen molar-refractivity contribution in [3.8, 4) is 18.4 Å². The molecular formula is C13H15NO2. The molecule has 0 saturated heterocycles. The number of hydrogen-bond acceptors (Lipinski definition) is 3. The molecule has 1 rings (SSSR count). The van der Waals surface area contributed by atoms with E-state index in [0.29, 0.717) is 5.57 Å². The van der Waals surface area contributed by atoms with Crippen molar-refractivity contribution >= 4 is 5.97 Å². The van der Waals surface area contributed by atoms with E-state index in [1.807, 2.05) is 19.9 Å². The summed E-state index contributed by atoms with van der Waals surface area (Å²) in [6.45, 7) is 5.72. The van der Waals surface area contributed by atoms with Gasteiger partial charge in [0.25, 0.3) is 0 Å². The van der Waals surface area contributed by atoms with Gasteiger partial charge >= 0.3 is 5.97 Å². The first-order chi connectivity index (χ1) is 7.45. The molecule has 0 N–H and O–H groups in total. The third kappa shape index (κ3) is 2.25. The summed E-state index contributed by atoms with van der Waals surface area (Å²) in [6, 6.07) is 2.05. The zero-order valence-corrected chi connectivity index (χ0v) is 9.78. The predicted molar refractivity (Wildman–Crippen MR) is 59.9 cm³/mol. The largest absolute Gasteiger partial charge is 0.452 e. The molecule has 2 unspecified atom stereocenters. The minimum absolute atomic E-state index is 0.0130. The molecule has 3 heteroatoms. The molecule has 84 valence electrons. The Kier molecular flexibility index (Phi) is 3.40. The number of esters is 1. The van der Waals surface area contributed by atoms with Gasteiger partial charge in [-0.2, -0.15) is 5.26 Å². The Balaban J connectivity index is 2.69. The van der Waals surface area contributed by atoms with Crippen molar-refractivity contribution in [2.45, 2.75) is 20.8 Å². The van der Waals surface area contributed by atoms with Crippen LogP contribution in [-0.2, 0) is 9.53 Å². The van der Waals surface area contributed by atoms with Crippen LogP contribution in [0.15, 0.2) is 11.6 Å². The number of rotatable bonds is 3. The standard InChI is InChI=1S/C13H15NO2/c1-5-6-16-12(15)11-10(13(11,3)4)7-9(2)8-14/h1,7,10-11H,6H2,2-4H3. The topological polar surface area (TPSA) is 50.1 Å². The van der Waals surface area contributed by atoms with E-state index in [1.165, 1.54) is 0 Å². The number of carbonyl (C=O) groups is 1. The van der Waals surface area contributed by atoms with Crippen LogP contribution in [0.1, 0.15) is 20.8 Å². The average molecular weight is 217 g/mol. The van der Waals surface area contributed by atoms with Gasteiger partial charge in [-0.3, -0.25) is 4.79 Å². The number of carbonyl (C=O) groups excluding carboxylic acids is 1.